The van der Waals surface area contributed by atoms with E-state index in [4.69, 9.17) is 11.6 Å². The Bertz CT molecular complexity index is 328. The van der Waals surface area contributed by atoms with Crippen molar-refractivity contribution in [2.45, 2.75) is 18.0 Å². The van der Waals surface area contributed by atoms with Crippen LogP contribution >= 0.6 is 23.4 Å². The van der Waals surface area contributed by atoms with Crippen LogP contribution in [0.1, 0.15) is 12.8 Å². The summed E-state index contributed by atoms with van der Waals surface area (Å²) in [5.74, 6) is 1.67. The lowest BCUT2D eigenvalue weighted by atomic mass is 10.4. The van der Waals surface area contributed by atoms with Crippen molar-refractivity contribution in [1.82, 2.24) is 9.97 Å². The molecular formula is C9H12ClN3S. The summed E-state index contributed by atoms with van der Waals surface area (Å²) in [6.07, 6.45) is 4.61. The standard InChI is InChI=1S/C9H12ClN3S/c1-14-9-12-7(10)4-8(13-9)11-5-6-2-3-6/h4,6H,2-3,5H2,1H3,(H,11,12,13). The summed E-state index contributed by atoms with van der Waals surface area (Å²) in [7, 11) is 0. The van der Waals surface area contributed by atoms with E-state index >= 15 is 0 Å². The molecule has 1 fully saturated rings. The second kappa shape index (κ2) is 4.36. The first-order valence-corrected chi connectivity index (χ1v) is 6.20. The zero-order valence-electron chi connectivity index (χ0n) is 7.96. The monoisotopic (exact) mass is 229 g/mol. The molecular weight excluding hydrogens is 218 g/mol. The Hall–Kier alpha value is -0.480. The van der Waals surface area contributed by atoms with Crippen molar-refractivity contribution in [3.63, 3.8) is 0 Å². The smallest absolute Gasteiger partial charge is 0.190 e. The summed E-state index contributed by atoms with van der Waals surface area (Å²) in [6.45, 7) is 1.00. The Morgan fingerprint density at radius 1 is 1.57 bits per heavy atom. The fraction of sp³-hybridized carbons (Fsp3) is 0.556. The Morgan fingerprint density at radius 2 is 2.36 bits per heavy atom. The molecule has 0 amide bonds. The van der Waals surface area contributed by atoms with E-state index in [0.717, 1.165) is 23.4 Å². The molecule has 0 radical (unpaired) electrons. The Kier molecular flexibility index (Phi) is 3.13. The molecule has 1 aromatic heterocycles. The topological polar surface area (TPSA) is 37.8 Å². The third kappa shape index (κ3) is 2.75. The van der Waals surface area contributed by atoms with Crippen molar-refractivity contribution >= 4 is 29.2 Å². The van der Waals surface area contributed by atoms with Crippen molar-refractivity contribution in [2.24, 2.45) is 5.92 Å². The minimum atomic E-state index is 0.502. The fourth-order valence-corrected chi connectivity index (χ4v) is 1.76. The molecule has 1 aliphatic carbocycles. The number of anilines is 1. The predicted octanol–water partition coefficient (Wildman–Crippen LogP) is 2.67. The van der Waals surface area contributed by atoms with Crippen LogP contribution in [0.3, 0.4) is 0 Å². The van der Waals surface area contributed by atoms with Crippen LogP contribution in [-0.4, -0.2) is 22.8 Å². The number of halogens is 1. The van der Waals surface area contributed by atoms with Crippen molar-refractivity contribution in [2.75, 3.05) is 18.1 Å². The molecule has 1 N–H and O–H groups in total. The molecule has 0 bridgehead atoms. The third-order valence-electron chi connectivity index (χ3n) is 2.13. The maximum absolute atomic E-state index is 5.86. The number of nitrogens with zero attached hydrogens (tertiary/aromatic N) is 2. The van der Waals surface area contributed by atoms with Crippen molar-refractivity contribution in [3.05, 3.63) is 11.2 Å². The molecule has 0 aliphatic heterocycles. The highest BCUT2D eigenvalue weighted by molar-refractivity contribution is 7.98. The summed E-state index contributed by atoms with van der Waals surface area (Å²) in [5, 5.41) is 4.49. The van der Waals surface area contributed by atoms with E-state index in [1.165, 1.54) is 24.6 Å². The molecule has 0 saturated heterocycles. The zero-order valence-corrected chi connectivity index (χ0v) is 9.53. The molecule has 1 aromatic rings. The molecule has 1 aliphatic rings. The molecule has 1 saturated carbocycles. The third-order valence-corrected chi connectivity index (χ3v) is 2.87. The highest BCUT2D eigenvalue weighted by Crippen LogP contribution is 2.29. The minimum Gasteiger partial charge on any atom is -0.370 e. The molecule has 5 heteroatoms. The van der Waals surface area contributed by atoms with Gasteiger partial charge in [-0.15, -0.1) is 0 Å². The number of nitrogens with one attached hydrogen (secondary N) is 1. The van der Waals surface area contributed by atoms with E-state index in [2.05, 4.69) is 15.3 Å². The molecule has 0 unspecified atom stereocenters. The van der Waals surface area contributed by atoms with Crippen LogP contribution < -0.4 is 5.32 Å². The molecule has 14 heavy (non-hydrogen) atoms. The first-order chi connectivity index (χ1) is 6.78. The maximum atomic E-state index is 5.86. The Morgan fingerprint density at radius 3 is 3.00 bits per heavy atom. The molecule has 0 aromatic carbocycles. The maximum Gasteiger partial charge on any atom is 0.190 e. The summed E-state index contributed by atoms with van der Waals surface area (Å²) < 4.78 is 0. The van der Waals surface area contributed by atoms with Gasteiger partial charge in [0.15, 0.2) is 5.16 Å². The first-order valence-electron chi connectivity index (χ1n) is 4.60. The number of thioether (sulfide) groups is 1. The van der Waals surface area contributed by atoms with Crippen LogP contribution in [-0.2, 0) is 0 Å². The summed E-state index contributed by atoms with van der Waals surface area (Å²) >= 11 is 7.36. The van der Waals surface area contributed by atoms with E-state index in [1.54, 1.807) is 6.07 Å². The number of aromatic nitrogens is 2. The van der Waals surface area contributed by atoms with Gasteiger partial charge in [-0.25, -0.2) is 9.97 Å². The Balaban J connectivity index is 2.03. The quantitative estimate of drug-likeness (QED) is 0.490. The van der Waals surface area contributed by atoms with Gasteiger partial charge in [0.1, 0.15) is 11.0 Å². The molecule has 3 nitrogen and oxygen atoms in total. The summed E-state index contributed by atoms with van der Waals surface area (Å²) in [4.78, 5) is 8.38. The first kappa shape index (κ1) is 10.1. The van der Waals surface area contributed by atoms with Crippen molar-refractivity contribution < 1.29 is 0 Å². The Labute approximate surface area is 92.7 Å². The van der Waals surface area contributed by atoms with Crippen LogP contribution in [0.25, 0.3) is 0 Å². The lowest BCUT2D eigenvalue weighted by Crippen LogP contribution is -2.05. The normalized spacial score (nSPS) is 15.6. The van der Waals surface area contributed by atoms with Gasteiger partial charge in [-0.2, -0.15) is 0 Å². The van der Waals surface area contributed by atoms with Gasteiger partial charge in [0, 0.05) is 12.6 Å². The van der Waals surface area contributed by atoms with Crippen LogP contribution in [0.4, 0.5) is 5.82 Å². The number of hydrogen-bond acceptors (Lipinski definition) is 4. The van der Waals surface area contributed by atoms with Gasteiger partial charge in [-0.3, -0.25) is 0 Å². The van der Waals surface area contributed by atoms with Gasteiger partial charge in [-0.05, 0) is 25.0 Å². The van der Waals surface area contributed by atoms with E-state index in [1.807, 2.05) is 6.26 Å². The van der Waals surface area contributed by atoms with Gasteiger partial charge >= 0.3 is 0 Å². The van der Waals surface area contributed by atoms with E-state index in [-0.39, 0.29) is 0 Å². The van der Waals surface area contributed by atoms with Crippen molar-refractivity contribution in [3.8, 4) is 0 Å². The average molecular weight is 230 g/mol. The molecule has 2 rings (SSSR count). The summed E-state index contributed by atoms with van der Waals surface area (Å²) in [5.41, 5.74) is 0. The highest BCUT2D eigenvalue weighted by atomic mass is 35.5. The van der Waals surface area contributed by atoms with Gasteiger partial charge in [0.05, 0.1) is 0 Å². The van der Waals surface area contributed by atoms with Crippen LogP contribution in [0, 0.1) is 5.92 Å². The van der Waals surface area contributed by atoms with Crippen LogP contribution in [0.5, 0.6) is 0 Å². The van der Waals surface area contributed by atoms with Crippen LogP contribution in [0.15, 0.2) is 11.2 Å². The minimum absolute atomic E-state index is 0.502. The van der Waals surface area contributed by atoms with E-state index < -0.39 is 0 Å². The van der Waals surface area contributed by atoms with Gasteiger partial charge in [0.2, 0.25) is 0 Å². The van der Waals surface area contributed by atoms with Crippen LogP contribution in [0.2, 0.25) is 5.15 Å². The van der Waals surface area contributed by atoms with Gasteiger partial charge < -0.3 is 5.32 Å². The van der Waals surface area contributed by atoms with Gasteiger partial charge in [0.25, 0.3) is 0 Å². The largest absolute Gasteiger partial charge is 0.370 e. The van der Waals surface area contributed by atoms with Gasteiger partial charge in [-0.1, -0.05) is 23.4 Å². The second-order valence-corrected chi connectivity index (χ2v) is 4.55. The second-order valence-electron chi connectivity index (χ2n) is 3.39. The highest BCUT2D eigenvalue weighted by Gasteiger charge is 2.20. The fourth-order valence-electron chi connectivity index (χ4n) is 1.15. The van der Waals surface area contributed by atoms with E-state index in [0.29, 0.717) is 5.15 Å². The number of rotatable bonds is 4. The predicted molar refractivity (Wildman–Crippen MR) is 60.0 cm³/mol. The summed E-state index contributed by atoms with van der Waals surface area (Å²) in [6, 6.07) is 1.77. The molecule has 1 heterocycles. The number of hydrogen-bond donors (Lipinski definition) is 1. The lowest BCUT2D eigenvalue weighted by Gasteiger charge is -2.05. The molecule has 76 valence electrons. The lowest BCUT2D eigenvalue weighted by molar-refractivity contribution is 0.869. The molecule has 0 atom stereocenters. The van der Waals surface area contributed by atoms with E-state index in [9.17, 15) is 0 Å². The SMILES string of the molecule is CSc1nc(Cl)cc(NCC2CC2)n1. The molecule has 0 spiro atoms. The van der Waals surface area contributed by atoms with Crippen molar-refractivity contribution in [1.29, 1.82) is 0 Å². The average Bonchev–Trinajstić information content (AvgIpc) is 2.97. The zero-order chi connectivity index (χ0) is 9.97.